The second-order valence-corrected chi connectivity index (χ2v) is 7.85. The second kappa shape index (κ2) is 8.27. The zero-order valence-corrected chi connectivity index (χ0v) is 16.7. The third kappa shape index (κ3) is 4.02. The first-order chi connectivity index (χ1) is 13.6. The molecule has 0 radical (unpaired) electrons. The number of aryl methyl sites for hydroxylation is 1. The molecule has 2 aromatic carbocycles. The van der Waals surface area contributed by atoms with Gasteiger partial charge in [-0.05, 0) is 50.1 Å². The summed E-state index contributed by atoms with van der Waals surface area (Å²) in [4.78, 5) is 22.4. The molecule has 0 bridgehead atoms. The molecule has 144 valence electrons. The minimum atomic E-state index is -0.399. The Morgan fingerprint density at radius 3 is 2.46 bits per heavy atom. The lowest BCUT2D eigenvalue weighted by Gasteiger charge is -2.30. The maximum atomic E-state index is 12.9. The van der Waals surface area contributed by atoms with Crippen molar-refractivity contribution in [2.24, 2.45) is 5.92 Å². The van der Waals surface area contributed by atoms with Crippen molar-refractivity contribution in [3.63, 3.8) is 0 Å². The summed E-state index contributed by atoms with van der Waals surface area (Å²) < 4.78 is 6.05. The molecule has 3 aromatic rings. The first-order valence-electron chi connectivity index (χ1n) is 9.81. The van der Waals surface area contributed by atoms with Crippen LogP contribution in [0, 0.1) is 12.8 Å². The van der Waals surface area contributed by atoms with Crippen molar-refractivity contribution >= 4 is 28.6 Å². The van der Waals surface area contributed by atoms with Gasteiger partial charge in [-0.1, -0.05) is 49.1 Å². The van der Waals surface area contributed by atoms with E-state index in [0.717, 1.165) is 48.1 Å². The van der Waals surface area contributed by atoms with Crippen molar-refractivity contribution in [3.8, 4) is 0 Å². The van der Waals surface area contributed by atoms with E-state index >= 15 is 0 Å². The van der Waals surface area contributed by atoms with Gasteiger partial charge in [0.15, 0.2) is 0 Å². The van der Waals surface area contributed by atoms with Gasteiger partial charge in [-0.15, -0.1) is 0 Å². The molecule has 1 aliphatic carbocycles. The molecule has 1 atom stereocenters. The molecular formula is C23H23ClN2O2. The summed E-state index contributed by atoms with van der Waals surface area (Å²) in [6.45, 7) is 1.94. The Morgan fingerprint density at radius 1 is 1.04 bits per heavy atom. The van der Waals surface area contributed by atoms with Crippen LogP contribution in [0.3, 0.4) is 0 Å². The van der Waals surface area contributed by atoms with E-state index in [1.807, 2.05) is 31.2 Å². The van der Waals surface area contributed by atoms with Gasteiger partial charge >= 0.3 is 5.97 Å². The number of benzene rings is 2. The predicted molar refractivity (Wildman–Crippen MR) is 110 cm³/mol. The number of halogens is 1. The van der Waals surface area contributed by atoms with Crippen LogP contribution in [-0.2, 0) is 4.74 Å². The third-order valence-corrected chi connectivity index (χ3v) is 5.66. The summed E-state index contributed by atoms with van der Waals surface area (Å²) in [5.41, 5.74) is 3.71. The van der Waals surface area contributed by atoms with Gasteiger partial charge < -0.3 is 4.74 Å². The number of rotatable bonds is 4. The molecule has 28 heavy (non-hydrogen) atoms. The molecule has 1 saturated carbocycles. The Bertz CT molecular complexity index is 999. The fourth-order valence-corrected chi connectivity index (χ4v) is 4.17. The van der Waals surface area contributed by atoms with Gasteiger partial charge in [0.25, 0.3) is 0 Å². The highest BCUT2D eigenvalue weighted by Crippen LogP contribution is 2.38. The van der Waals surface area contributed by atoms with Crippen LogP contribution in [0.5, 0.6) is 0 Å². The monoisotopic (exact) mass is 394 g/mol. The largest absolute Gasteiger partial charge is 0.452 e. The van der Waals surface area contributed by atoms with Crippen molar-refractivity contribution in [1.82, 2.24) is 9.97 Å². The lowest BCUT2D eigenvalue weighted by atomic mass is 9.83. The van der Waals surface area contributed by atoms with Gasteiger partial charge in [-0.25, -0.2) is 14.8 Å². The number of ether oxygens (including phenoxy) is 1. The Hall–Kier alpha value is -2.46. The van der Waals surface area contributed by atoms with Crippen LogP contribution in [0.25, 0.3) is 11.0 Å². The molecule has 4 nitrogen and oxygen atoms in total. The average Bonchev–Trinajstić information content (AvgIpc) is 2.72. The summed E-state index contributed by atoms with van der Waals surface area (Å²) in [6, 6.07) is 14.7. The standard InChI is InChI=1S/C23H23ClN2O2/c1-15-21(26-20-13-6-5-12-19(20)25-15)22(16-8-3-2-4-9-16)28-23(27)17-10-7-11-18(24)14-17/h5-7,10-14,16,22H,2-4,8-9H2,1H3. The Balaban J connectivity index is 1.71. The third-order valence-electron chi connectivity index (χ3n) is 5.42. The zero-order chi connectivity index (χ0) is 19.5. The van der Waals surface area contributed by atoms with Crippen molar-refractivity contribution in [3.05, 3.63) is 70.5 Å². The fraction of sp³-hybridized carbons (Fsp3) is 0.348. The van der Waals surface area contributed by atoms with Crippen molar-refractivity contribution in [2.45, 2.75) is 45.1 Å². The summed E-state index contributed by atoms with van der Waals surface area (Å²) in [7, 11) is 0. The van der Waals surface area contributed by atoms with Gasteiger partial charge in [-0.3, -0.25) is 0 Å². The fourth-order valence-electron chi connectivity index (χ4n) is 3.98. The number of esters is 1. The van der Waals surface area contributed by atoms with E-state index < -0.39 is 6.10 Å². The smallest absolute Gasteiger partial charge is 0.338 e. The number of hydrogen-bond acceptors (Lipinski definition) is 4. The Labute approximate surface area is 169 Å². The summed E-state index contributed by atoms with van der Waals surface area (Å²) in [5, 5.41) is 0.519. The molecule has 1 fully saturated rings. The lowest BCUT2D eigenvalue weighted by molar-refractivity contribution is 0.00496. The van der Waals surface area contributed by atoms with E-state index in [0.29, 0.717) is 10.6 Å². The molecule has 4 rings (SSSR count). The molecule has 0 saturated heterocycles. The molecule has 0 amide bonds. The normalized spacial score (nSPS) is 16.1. The molecule has 1 unspecified atom stereocenters. The van der Waals surface area contributed by atoms with E-state index in [4.69, 9.17) is 26.3 Å². The number of para-hydroxylation sites is 2. The van der Waals surface area contributed by atoms with Gasteiger partial charge in [-0.2, -0.15) is 0 Å². The maximum absolute atomic E-state index is 12.9. The molecule has 0 N–H and O–H groups in total. The summed E-state index contributed by atoms with van der Waals surface area (Å²) in [6.07, 6.45) is 5.19. The lowest BCUT2D eigenvalue weighted by Crippen LogP contribution is -2.24. The molecule has 0 aliphatic heterocycles. The van der Waals surface area contributed by atoms with Crippen LogP contribution in [0.2, 0.25) is 5.02 Å². The number of aromatic nitrogens is 2. The molecule has 1 aliphatic rings. The predicted octanol–water partition coefficient (Wildman–Crippen LogP) is 6.07. The molecule has 5 heteroatoms. The van der Waals surface area contributed by atoms with Gasteiger partial charge in [0.2, 0.25) is 0 Å². The van der Waals surface area contributed by atoms with E-state index in [2.05, 4.69) is 0 Å². The van der Waals surface area contributed by atoms with Gasteiger partial charge in [0.05, 0.1) is 22.3 Å². The first kappa shape index (κ1) is 18.9. The van der Waals surface area contributed by atoms with Gasteiger partial charge in [0, 0.05) is 10.9 Å². The summed E-state index contributed by atoms with van der Waals surface area (Å²) in [5.74, 6) is -0.113. The van der Waals surface area contributed by atoms with Crippen LogP contribution in [-0.4, -0.2) is 15.9 Å². The topological polar surface area (TPSA) is 52.1 Å². The quantitative estimate of drug-likeness (QED) is 0.504. The number of carbonyl (C=O) groups excluding carboxylic acids is 1. The Kier molecular flexibility index (Phi) is 5.58. The van der Waals surface area contributed by atoms with Gasteiger partial charge in [0.1, 0.15) is 11.8 Å². The van der Waals surface area contributed by atoms with Crippen molar-refractivity contribution < 1.29 is 9.53 Å². The van der Waals surface area contributed by atoms with E-state index in [9.17, 15) is 4.79 Å². The number of carbonyl (C=O) groups is 1. The SMILES string of the molecule is Cc1nc2ccccc2nc1C(OC(=O)c1cccc(Cl)c1)C1CCCCC1. The van der Waals surface area contributed by atoms with Crippen LogP contribution in [0.1, 0.15) is 60.0 Å². The van der Waals surface area contributed by atoms with E-state index in [-0.39, 0.29) is 11.9 Å². The molecule has 1 aromatic heterocycles. The van der Waals surface area contributed by atoms with Crippen molar-refractivity contribution in [1.29, 1.82) is 0 Å². The number of fused-ring (bicyclic) bond motifs is 1. The molecular weight excluding hydrogens is 372 g/mol. The van der Waals surface area contributed by atoms with Crippen LogP contribution < -0.4 is 0 Å². The molecule has 0 spiro atoms. The molecule has 1 heterocycles. The van der Waals surface area contributed by atoms with E-state index in [1.54, 1.807) is 24.3 Å². The summed E-state index contributed by atoms with van der Waals surface area (Å²) >= 11 is 6.05. The zero-order valence-electron chi connectivity index (χ0n) is 15.9. The number of nitrogens with zero attached hydrogens (tertiary/aromatic N) is 2. The second-order valence-electron chi connectivity index (χ2n) is 7.42. The minimum absolute atomic E-state index is 0.256. The van der Waals surface area contributed by atoms with E-state index in [1.165, 1.54) is 6.42 Å². The minimum Gasteiger partial charge on any atom is -0.452 e. The van der Waals surface area contributed by atoms with Crippen LogP contribution >= 0.6 is 11.6 Å². The first-order valence-corrected chi connectivity index (χ1v) is 10.2. The highest BCUT2D eigenvalue weighted by Gasteiger charge is 2.31. The Morgan fingerprint density at radius 2 is 1.75 bits per heavy atom. The average molecular weight is 395 g/mol. The van der Waals surface area contributed by atoms with Crippen molar-refractivity contribution in [2.75, 3.05) is 0 Å². The van der Waals surface area contributed by atoms with Crippen LogP contribution in [0.4, 0.5) is 0 Å². The highest BCUT2D eigenvalue weighted by atomic mass is 35.5. The number of hydrogen-bond donors (Lipinski definition) is 0. The maximum Gasteiger partial charge on any atom is 0.338 e. The highest BCUT2D eigenvalue weighted by molar-refractivity contribution is 6.30. The van der Waals surface area contributed by atoms with Crippen LogP contribution in [0.15, 0.2) is 48.5 Å².